The molecule has 0 bridgehead atoms. The van der Waals surface area contributed by atoms with Gasteiger partial charge in [0.1, 0.15) is 0 Å². The highest BCUT2D eigenvalue weighted by atomic mass is 32.2. The van der Waals surface area contributed by atoms with E-state index in [1.807, 2.05) is 11.6 Å². The minimum absolute atomic E-state index is 0.0244. The fourth-order valence-electron chi connectivity index (χ4n) is 4.21. The second-order valence-corrected chi connectivity index (χ2v) is 11.1. The molecule has 1 aromatic heterocycles. The number of ether oxygens (including phenoxy) is 1. The van der Waals surface area contributed by atoms with E-state index >= 15 is 0 Å². The maximum atomic E-state index is 13.5. The van der Waals surface area contributed by atoms with Crippen LogP contribution in [0.3, 0.4) is 0 Å². The average Bonchev–Trinajstić information content (AvgIpc) is 3.64. The minimum Gasteiger partial charge on any atom is -0.569 e. The van der Waals surface area contributed by atoms with Gasteiger partial charge in [0, 0.05) is 12.0 Å². The number of hydrogen-bond donors (Lipinski definition) is 1. The number of hydrogen-bond acceptors (Lipinski definition) is 9. The Morgan fingerprint density at radius 2 is 1.84 bits per heavy atom. The van der Waals surface area contributed by atoms with Crippen molar-refractivity contribution in [3.8, 4) is 16.9 Å². The van der Waals surface area contributed by atoms with Gasteiger partial charge in [0.2, 0.25) is 5.28 Å². The zero-order valence-electron chi connectivity index (χ0n) is 22.9. The summed E-state index contributed by atoms with van der Waals surface area (Å²) in [6, 6.07) is 11.2. The second-order valence-electron chi connectivity index (χ2n) is 9.43. The molecule has 1 aliphatic heterocycles. The number of halogens is 3. The SMILES string of the molecule is CCC(=O)OCON=[N+]([O-])N1CCC[C@H]1C(=O)NS(=O)(=O)c1ccc(-n2nc(C(F)(F)F)cc2-c2ccc(C)cc2)cc1. The van der Waals surface area contributed by atoms with Crippen LogP contribution in [0, 0.1) is 12.1 Å². The van der Waals surface area contributed by atoms with Crippen LogP contribution in [-0.2, 0) is 35.4 Å². The van der Waals surface area contributed by atoms with Crippen molar-refractivity contribution in [1.29, 1.82) is 0 Å². The Morgan fingerprint density at radius 3 is 2.47 bits per heavy atom. The van der Waals surface area contributed by atoms with Crippen LogP contribution >= 0.6 is 0 Å². The first kappa shape index (κ1) is 31.3. The number of sulfonamides is 1. The first-order valence-corrected chi connectivity index (χ1v) is 14.4. The quantitative estimate of drug-likeness (QED) is 0.0883. The number of esters is 1. The van der Waals surface area contributed by atoms with Crippen molar-refractivity contribution in [2.75, 3.05) is 13.3 Å². The van der Waals surface area contributed by atoms with Crippen molar-refractivity contribution >= 4 is 21.9 Å². The minimum atomic E-state index is -4.71. The van der Waals surface area contributed by atoms with Gasteiger partial charge in [0.15, 0.2) is 11.7 Å². The molecular formula is C26H27F3N6O7S. The molecule has 2 heterocycles. The highest BCUT2D eigenvalue weighted by Crippen LogP contribution is 2.33. The van der Waals surface area contributed by atoms with Gasteiger partial charge in [-0.3, -0.25) is 9.59 Å². The molecule has 43 heavy (non-hydrogen) atoms. The van der Waals surface area contributed by atoms with Crippen LogP contribution in [0.25, 0.3) is 16.9 Å². The van der Waals surface area contributed by atoms with Gasteiger partial charge in [-0.1, -0.05) is 36.8 Å². The number of amides is 1. The van der Waals surface area contributed by atoms with Gasteiger partial charge in [-0.2, -0.15) is 18.3 Å². The summed E-state index contributed by atoms with van der Waals surface area (Å²) >= 11 is 0. The summed E-state index contributed by atoms with van der Waals surface area (Å²) in [6.07, 6.45) is -4.11. The number of carbonyl (C=O) groups is 2. The Morgan fingerprint density at radius 1 is 1.16 bits per heavy atom. The Labute approximate surface area is 244 Å². The van der Waals surface area contributed by atoms with E-state index in [1.165, 1.54) is 12.1 Å². The van der Waals surface area contributed by atoms with Crippen LogP contribution in [-0.4, -0.2) is 59.4 Å². The summed E-state index contributed by atoms with van der Waals surface area (Å²) < 4.78 is 74.0. The Bertz CT molecular complexity index is 1610. The van der Waals surface area contributed by atoms with Crippen LogP contribution in [0.2, 0.25) is 0 Å². The van der Waals surface area contributed by atoms with Gasteiger partial charge in [-0.05, 0) is 50.1 Å². The highest BCUT2D eigenvalue weighted by Gasteiger charge is 2.39. The molecule has 3 aromatic rings. The van der Waals surface area contributed by atoms with Crippen molar-refractivity contribution in [3.05, 3.63) is 71.1 Å². The zero-order valence-corrected chi connectivity index (χ0v) is 23.8. The van der Waals surface area contributed by atoms with Crippen LogP contribution < -0.4 is 4.72 Å². The fraction of sp³-hybridized carbons (Fsp3) is 0.346. The van der Waals surface area contributed by atoms with Gasteiger partial charge >= 0.3 is 12.1 Å². The van der Waals surface area contributed by atoms with E-state index in [0.29, 0.717) is 12.0 Å². The number of benzene rings is 2. The standard InChI is InChI=1S/C26H27F3N6O7S/c1-3-24(36)41-16-42-32-35(38)33-14-4-5-21(33)25(37)31-43(39,40)20-12-10-19(11-13-20)34-22(15-23(30-34)26(27,28)29)18-8-6-17(2)7-9-18/h6-13,15,21H,3-5,14,16H2,1-2H3,(H,31,37)/t21-/m0/s1. The molecule has 230 valence electrons. The molecule has 17 heteroatoms. The third-order valence-corrected chi connectivity index (χ3v) is 7.77. The summed E-state index contributed by atoms with van der Waals surface area (Å²) in [5.41, 5.74) is 0.526. The van der Waals surface area contributed by atoms with Crippen molar-refractivity contribution in [1.82, 2.24) is 19.5 Å². The van der Waals surface area contributed by atoms with E-state index in [4.69, 9.17) is 0 Å². The van der Waals surface area contributed by atoms with E-state index in [2.05, 4.69) is 20.0 Å². The molecule has 1 aliphatic rings. The first-order chi connectivity index (χ1) is 20.3. The first-order valence-electron chi connectivity index (χ1n) is 12.9. The van der Waals surface area contributed by atoms with Crippen molar-refractivity contribution in [2.24, 2.45) is 5.28 Å². The highest BCUT2D eigenvalue weighted by molar-refractivity contribution is 7.90. The molecule has 2 aromatic carbocycles. The molecule has 0 spiro atoms. The summed E-state index contributed by atoms with van der Waals surface area (Å²) in [5, 5.41) is 20.1. The van der Waals surface area contributed by atoms with Crippen molar-refractivity contribution < 1.29 is 45.7 Å². The summed E-state index contributed by atoms with van der Waals surface area (Å²) in [4.78, 5) is 28.2. The number of rotatable bonds is 10. The number of aromatic nitrogens is 2. The van der Waals surface area contributed by atoms with E-state index in [0.717, 1.165) is 33.5 Å². The lowest BCUT2D eigenvalue weighted by molar-refractivity contribution is -0.712. The van der Waals surface area contributed by atoms with E-state index in [1.54, 1.807) is 31.2 Å². The third kappa shape index (κ3) is 7.40. The topological polar surface area (TPSA) is 158 Å². The summed E-state index contributed by atoms with van der Waals surface area (Å²) in [5.74, 6) is -1.58. The van der Waals surface area contributed by atoms with Gasteiger partial charge in [0.25, 0.3) is 22.7 Å². The third-order valence-electron chi connectivity index (χ3n) is 6.41. The molecule has 1 N–H and O–H groups in total. The summed E-state index contributed by atoms with van der Waals surface area (Å²) in [6.45, 7) is 2.85. The molecule has 1 atom stereocenters. The Hall–Kier alpha value is -4.67. The molecule has 1 fully saturated rings. The average molecular weight is 625 g/mol. The molecule has 4 rings (SSSR count). The molecule has 1 amide bonds. The normalized spacial score (nSPS) is 15.8. The number of nitrogens with zero attached hydrogens (tertiary/aromatic N) is 5. The summed E-state index contributed by atoms with van der Waals surface area (Å²) in [7, 11) is -4.44. The Balaban J connectivity index is 1.50. The van der Waals surface area contributed by atoms with E-state index < -0.39 is 46.6 Å². The van der Waals surface area contributed by atoms with Crippen LogP contribution in [0.1, 0.15) is 37.4 Å². The molecule has 0 unspecified atom stereocenters. The predicted molar refractivity (Wildman–Crippen MR) is 142 cm³/mol. The second kappa shape index (κ2) is 12.7. The zero-order chi connectivity index (χ0) is 31.4. The van der Waals surface area contributed by atoms with Crippen LogP contribution in [0.15, 0.2) is 64.8 Å². The maximum Gasteiger partial charge on any atom is 0.435 e. The molecule has 1 saturated heterocycles. The van der Waals surface area contributed by atoms with Gasteiger partial charge in [-0.15, -0.1) is 5.01 Å². The fourth-order valence-corrected chi connectivity index (χ4v) is 5.22. The Kier molecular flexibility index (Phi) is 9.22. The monoisotopic (exact) mass is 624 g/mol. The van der Waals surface area contributed by atoms with Crippen LogP contribution in [0.4, 0.5) is 13.2 Å². The maximum absolute atomic E-state index is 13.5. The van der Waals surface area contributed by atoms with Gasteiger partial charge < -0.3 is 14.8 Å². The van der Waals surface area contributed by atoms with Gasteiger partial charge in [0.05, 0.1) is 27.8 Å². The largest absolute Gasteiger partial charge is 0.569 e. The number of alkyl halides is 3. The lowest BCUT2D eigenvalue weighted by Crippen LogP contribution is -2.47. The van der Waals surface area contributed by atoms with E-state index in [9.17, 15) is 36.4 Å². The number of nitrogens with one attached hydrogen (secondary N) is 1. The number of aryl methyl sites for hydroxylation is 1. The lowest BCUT2D eigenvalue weighted by atomic mass is 10.1. The number of hydrazine groups is 1. The van der Waals surface area contributed by atoms with Crippen molar-refractivity contribution in [2.45, 2.75) is 50.2 Å². The molecule has 13 nitrogen and oxygen atoms in total. The molecular weight excluding hydrogens is 597 g/mol. The van der Waals surface area contributed by atoms with Crippen molar-refractivity contribution in [3.63, 3.8) is 0 Å². The predicted octanol–water partition coefficient (Wildman–Crippen LogP) is 3.86. The van der Waals surface area contributed by atoms with E-state index in [-0.39, 0.29) is 40.6 Å². The smallest absolute Gasteiger partial charge is 0.435 e. The molecule has 0 saturated carbocycles. The molecule has 0 radical (unpaired) electrons. The lowest BCUT2D eigenvalue weighted by Gasteiger charge is -2.19. The van der Waals surface area contributed by atoms with Gasteiger partial charge in [-0.25, -0.2) is 17.8 Å². The van der Waals surface area contributed by atoms with Crippen LogP contribution in [0.5, 0.6) is 0 Å². The number of carbonyl (C=O) groups excluding carboxylic acids is 2. The molecule has 0 aliphatic carbocycles.